The van der Waals surface area contributed by atoms with Gasteiger partial charge in [-0.2, -0.15) is 5.10 Å². The molecule has 4 rings (SSSR count). The van der Waals surface area contributed by atoms with Gasteiger partial charge in [0.15, 0.2) is 5.69 Å². The fourth-order valence-corrected chi connectivity index (χ4v) is 5.36. The Hall–Kier alpha value is -2.42. The molecule has 1 aliphatic rings. The summed E-state index contributed by atoms with van der Waals surface area (Å²) in [4.78, 5) is 27.6. The van der Waals surface area contributed by atoms with E-state index in [4.69, 9.17) is 22.1 Å². The number of ether oxygens (including phenoxy) is 1. The number of carbonyl (C=O) groups excluding carboxylic acids is 2. The molecule has 7 nitrogen and oxygen atoms in total. The van der Waals surface area contributed by atoms with E-state index in [1.165, 1.54) is 11.3 Å². The molecule has 0 aliphatic carbocycles. The van der Waals surface area contributed by atoms with Crippen molar-refractivity contribution >= 4 is 57.4 Å². The minimum Gasteiger partial charge on any atom is -0.444 e. The van der Waals surface area contributed by atoms with Crippen LogP contribution in [0.5, 0.6) is 0 Å². The highest BCUT2D eigenvalue weighted by molar-refractivity contribution is 7.22. The molecule has 0 saturated carbocycles. The summed E-state index contributed by atoms with van der Waals surface area (Å²) in [6.45, 7) is 6.25. The van der Waals surface area contributed by atoms with Crippen molar-refractivity contribution in [2.75, 3.05) is 6.54 Å². The number of hydrogen-bond donors (Lipinski definition) is 1. The second-order valence-corrected chi connectivity index (χ2v) is 10.7. The van der Waals surface area contributed by atoms with Crippen LogP contribution < -0.4 is 5.73 Å². The number of carbonyl (C=O) groups is 2. The van der Waals surface area contributed by atoms with E-state index in [1.54, 1.807) is 4.90 Å². The Morgan fingerprint density at radius 3 is 2.56 bits per heavy atom. The zero-order chi connectivity index (χ0) is 23.8. The van der Waals surface area contributed by atoms with Gasteiger partial charge in [-0.1, -0.05) is 23.7 Å². The number of nitrogens with zero attached hydrogens (tertiary/aromatic N) is 3. The monoisotopic (exact) mass is 522 g/mol. The van der Waals surface area contributed by atoms with Crippen LogP contribution in [0.2, 0.25) is 5.02 Å². The first kappa shape index (κ1) is 26.2. The van der Waals surface area contributed by atoms with E-state index < -0.39 is 11.5 Å². The van der Waals surface area contributed by atoms with E-state index in [0.717, 1.165) is 40.8 Å². The summed E-state index contributed by atoms with van der Waals surface area (Å²) in [6, 6.07) is 9.49. The summed E-state index contributed by atoms with van der Waals surface area (Å²) in [5.74, 6) is -0.614. The quantitative estimate of drug-likeness (QED) is 0.462. The number of halogens is 2. The molecule has 2 aromatic heterocycles. The van der Waals surface area contributed by atoms with E-state index in [0.29, 0.717) is 22.7 Å². The molecule has 1 unspecified atom stereocenters. The molecule has 3 aromatic rings. The predicted octanol–water partition coefficient (Wildman–Crippen LogP) is 5.86. The number of likely N-dealkylation sites (tertiary alicyclic amines) is 1. The van der Waals surface area contributed by atoms with Crippen LogP contribution in [0.3, 0.4) is 0 Å². The molecular formula is C24H28Cl2N4O3S. The van der Waals surface area contributed by atoms with Crippen molar-refractivity contribution in [3.05, 3.63) is 46.7 Å². The highest BCUT2D eigenvalue weighted by Crippen LogP contribution is 2.37. The van der Waals surface area contributed by atoms with Crippen LogP contribution in [0.4, 0.5) is 4.79 Å². The number of aromatic nitrogens is 2. The molecule has 0 radical (unpaired) electrons. The normalized spacial score (nSPS) is 16.2. The first-order chi connectivity index (χ1) is 15.6. The number of hydrogen-bond acceptors (Lipinski definition) is 6. The minimum absolute atomic E-state index is 0. The molecule has 1 aliphatic heterocycles. The third-order valence-corrected chi connectivity index (χ3v) is 7.02. The van der Waals surface area contributed by atoms with Gasteiger partial charge in [0.05, 0.1) is 10.4 Å². The number of fused-ring (bicyclic) bond motifs is 1. The molecular weight excluding hydrogens is 495 g/mol. The fourth-order valence-electron chi connectivity index (χ4n) is 4.06. The standard InChI is InChI=1S/C24H27ClN4O3S.ClH/c1-24(2,3)32-23(31)29-11-5-4-6-16(29)12-18-17-13-19(14-7-9-15(25)10-8-14)33-21(17)20(22(26)30)28-27-18;/h7-10,13,16H,4-6,11-12H2,1-3H3,(H2,26,30);1H. The number of rotatable bonds is 4. The van der Waals surface area contributed by atoms with Crippen molar-refractivity contribution in [3.63, 3.8) is 0 Å². The van der Waals surface area contributed by atoms with Gasteiger partial charge in [-0.25, -0.2) is 4.79 Å². The van der Waals surface area contributed by atoms with E-state index in [2.05, 4.69) is 10.2 Å². The van der Waals surface area contributed by atoms with Gasteiger partial charge in [0.1, 0.15) is 5.60 Å². The van der Waals surface area contributed by atoms with Gasteiger partial charge in [-0.15, -0.1) is 28.8 Å². The van der Waals surface area contributed by atoms with Gasteiger partial charge >= 0.3 is 6.09 Å². The van der Waals surface area contributed by atoms with E-state index >= 15 is 0 Å². The van der Waals surface area contributed by atoms with Crippen LogP contribution in [-0.4, -0.2) is 45.3 Å². The molecule has 0 spiro atoms. The molecule has 1 fully saturated rings. The van der Waals surface area contributed by atoms with Crippen molar-refractivity contribution < 1.29 is 14.3 Å². The highest BCUT2D eigenvalue weighted by Gasteiger charge is 2.31. The number of benzene rings is 1. The number of thiophene rings is 1. The summed E-state index contributed by atoms with van der Waals surface area (Å²) >= 11 is 7.49. The van der Waals surface area contributed by atoms with Gasteiger partial charge in [0.2, 0.25) is 0 Å². The van der Waals surface area contributed by atoms with Crippen molar-refractivity contribution in [3.8, 4) is 10.4 Å². The lowest BCUT2D eigenvalue weighted by atomic mass is 9.97. The molecule has 1 atom stereocenters. The second-order valence-electron chi connectivity index (χ2n) is 9.25. The van der Waals surface area contributed by atoms with Gasteiger partial charge < -0.3 is 15.4 Å². The van der Waals surface area contributed by atoms with E-state index in [-0.39, 0.29) is 30.2 Å². The fraction of sp³-hybridized carbons (Fsp3) is 0.417. The number of piperidine rings is 1. The van der Waals surface area contributed by atoms with Gasteiger partial charge in [-0.3, -0.25) is 4.79 Å². The summed E-state index contributed by atoms with van der Waals surface area (Å²) in [6.07, 6.45) is 3.04. The van der Waals surface area contributed by atoms with Crippen LogP contribution in [0.25, 0.3) is 20.5 Å². The SMILES string of the molecule is CC(C)(C)OC(=O)N1CCCCC1Cc1nnc(C(N)=O)c2sc(-c3ccc(Cl)cc3)cc12.Cl. The van der Waals surface area contributed by atoms with E-state index in [9.17, 15) is 9.59 Å². The maximum absolute atomic E-state index is 12.8. The van der Waals surface area contributed by atoms with Crippen LogP contribution in [0.15, 0.2) is 30.3 Å². The molecule has 182 valence electrons. The van der Waals surface area contributed by atoms with Crippen molar-refractivity contribution in [1.82, 2.24) is 15.1 Å². The smallest absolute Gasteiger partial charge is 0.410 e. The van der Waals surface area contributed by atoms with Crippen molar-refractivity contribution in [2.24, 2.45) is 5.73 Å². The molecule has 10 heteroatoms. The Morgan fingerprint density at radius 1 is 1.21 bits per heavy atom. The number of amides is 2. The maximum Gasteiger partial charge on any atom is 0.410 e. The molecule has 0 bridgehead atoms. The maximum atomic E-state index is 12.8. The predicted molar refractivity (Wildman–Crippen MR) is 138 cm³/mol. The van der Waals surface area contributed by atoms with Crippen LogP contribution in [0, 0.1) is 0 Å². The third-order valence-electron chi connectivity index (χ3n) is 5.58. The number of nitrogens with two attached hydrogens (primary N) is 1. The Bertz CT molecular complexity index is 1190. The first-order valence-corrected chi connectivity index (χ1v) is 12.2. The Morgan fingerprint density at radius 2 is 1.91 bits per heavy atom. The molecule has 3 heterocycles. The Kier molecular flexibility index (Phi) is 8.06. The average Bonchev–Trinajstić information content (AvgIpc) is 3.19. The molecule has 34 heavy (non-hydrogen) atoms. The summed E-state index contributed by atoms with van der Waals surface area (Å²) < 4.78 is 6.34. The number of primary amides is 1. The van der Waals surface area contributed by atoms with Crippen LogP contribution in [0.1, 0.15) is 56.2 Å². The largest absolute Gasteiger partial charge is 0.444 e. The topological polar surface area (TPSA) is 98.4 Å². The lowest BCUT2D eigenvalue weighted by molar-refractivity contribution is 0.00986. The molecule has 2 amide bonds. The Labute approximate surface area is 214 Å². The van der Waals surface area contributed by atoms with E-state index in [1.807, 2.05) is 51.1 Å². The third kappa shape index (κ3) is 5.79. The molecule has 1 aromatic carbocycles. The van der Waals surface area contributed by atoms with Crippen molar-refractivity contribution in [1.29, 1.82) is 0 Å². The second kappa shape index (κ2) is 10.5. The van der Waals surface area contributed by atoms with Gasteiger partial charge in [0.25, 0.3) is 5.91 Å². The molecule has 1 saturated heterocycles. The lowest BCUT2D eigenvalue weighted by Crippen LogP contribution is -2.47. The zero-order valence-corrected chi connectivity index (χ0v) is 21.7. The summed E-state index contributed by atoms with van der Waals surface area (Å²) in [5.41, 5.74) is 6.90. The Balaban J connectivity index is 0.00000324. The minimum atomic E-state index is -0.614. The van der Waals surface area contributed by atoms with Gasteiger partial charge in [0, 0.05) is 34.3 Å². The van der Waals surface area contributed by atoms with Crippen LogP contribution >= 0.6 is 35.3 Å². The molecule has 2 N–H and O–H groups in total. The van der Waals surface area contributed by atoms with Crippen molar-refractivity contribution in [2.45, 2.75) is 58.1 Å². The van der Waals surface area contributed by atoms with Crippen LogP contribution in [-0.2, 0) is 11.2 Å². The highest BCUT2D eigenvalue weighted by atomic mass is 35.5. The first-order valence-electron chi connectivity index (χ1n) is 11.0. The zero-order valence-electron chi connectivity index (χ0n) is 19.3. The lowest BCUT2D eigenvalue weighted by Gasteiger charge is -2.36. The summed E-state index contributed by atoms with van der Waals surface area (Å²) in [5, 5.41) is 10.0. The summed E-state index contributed by atoms with van der Waals surface area (Å²) in [7, 11) is 0. The average molecular weight is 523 g/mol. The van der Waals surface area contributed by atoms with Gasteiger partial charge in [-0.05, 0) is 63.8 Å².